The van der Waals surface area contributed by atoms with E-state index in [4.69, 9.17) is 11.6 Å². The molecule has 1 rings (SSSR count). The molecule has 0 heterocycles. The van der Waals surface area contributed by atoms with Gasteiger partial charge in [0.05, 0.1) is 5.75 Å². The Bertz CT molecular complexity index is 502. The van der Waals surface area contributed by atoms with Crippen molar-refractivity contribution in [1.29, 1.82) is 0 Å². The minimum Gasteiger partial charge on any atom is -0.281 e. The molecule has 0 fully saturated rings. The first-order valence-electron chi connectivity index (χ1n) is 6.08. The summed E-state index contributed by atoms with van der Waals surface area (Å²) < 4.78 is 25.3. The molecule has 0 radical (unpaired) electrons. The summed E-state index contributed by atoms with van der Waals surface area (Å²) in [6, 6.07) is 9.42. The first-order chi connectivity index (χ1) is 8.92. The van der Waals surface area contributed by atoms with E-state index in [2.05, 4.69) is 0 Å². The van der Waals surface area contributed by atoms with Crippen molar-refractivity contribution in [2.24, 2.45) is 0 Å². The van der Waals surface area contributed by atoms with E-state index >= 15 is 0 Å². The summed E-state index contributed by atoms with van der Waals surface area (Å²) in [4.78, 5) is 10.5. The molecular weight excluding hydrogens is 286 g/mol. The maximum absolute atomic E-state index is 12.0. The van der Waals surface area contributed by atoms with Crippen LogP contribution in [0.5, 0.6) is 0 Å². The largest absolute Gasteiger partial charge is 0.281 e. The lowest BCUT2D eigenvalue weighted by Gasteiger charge is -2.17. The Labute approximate surface area is 119 Å². The first kappa shape index (κ1) is 16.1. The molecule has 0 unspecified atom stereocenters. The fraction of sp³-hybridized carbons (Fsp3) is 0.462. The Kier molecular flexibility index (Phi) is 6.48. The highest BCUT2D eigenvalue weighted by Crippen LogP contribution is 2.10. The van der Waals surface area contributed by atoms with Gasteiger partial charge in [-0.2, -0.15) is 0 Å². The Morgan fingerprint density at radius 1 is 1.21 bits per heavy atom. The van der Waals surface area contributed by atoms with Crippen molar-refractivity contribution in [1.82, 2.24) is 4.31 Å². The van der Waals surface area contributed by atoms with Gasteiger partial charge in [0.1, 0.15) is 0 Å². The minimum absolute atomic E-state index is 0.0422. The van der Waals surface area contributed by atoms with Crippen molar-refractivity contribution >= 4 is 26.9 Å². The van der Waals surface area contributed by atoms with E-state index in [1.54, 1.807) is 7.05 Å². The molecule has 4 nitrogen and oxygen atoms in total. The van der Waals surface area contributed by atoms with Gasteiger partial charge in [0, 0.05) is 20.0 Å². The van der Waals surface area contributed by atoms with Crippen LogP contribution in [0, 0.1) is 0 Å². The van der Waals surface area contributed by atoms with E-state index in [9.17, 15) is 13.2 Å². The van der Waals surface area contributed by atoms with Gasteiger partial charge in [-0.25, -0.2) is 12.7 Å². The van der Waals surface area contributed by atoms with E-state index in [-0.39, 0.29) is 12.2 Å². The van der Waals surface area contributed by atoms with Crippen LogP contribution in [-0.4, -0.2) is 30.8 Å². The molecule has 1 aromatic carbocycles. The summed E-state index contributed by atoms with van der Waals surface area (Å²) in [6.45, 7) is 0.359. The second-order valence-corrected chi connectivity index (χ2v) is 6.99. The average Bonchev–Trinajstić information content (AvgIpc) is 2.35. The SMILES string of the molecule is CN(Cc1ccccc1)S(=O)(=O)CCCCC(=O)Cl. The molecule has 19 heavy (non-hydrogen) atoms. The molecule has 0 saturated carbocycles. The number of benzene rings is 1. The molecule has 1 aromatic rings. The second-order valence-electron chi connectivity index (χ2n) is 4.37. The van der Waals surface area contributed by atoms with Crippen LogP contribution in [0.1, 0.15) is 24.8 Å². The average molecular weight is 304 g/mol. The number of carbonyl (C=O) groups excluding carboxylic acids is 1. The molecule has 106 valence electrons. The number of unbranched alkanes of at least 4 members (excludes halogenated alkanes) is 1. The number of rotatable bonds is 8. The topological polar surface area (TPSA) is 54.5 Å². The number of sulfonamides is 1. The number of carbonyl (C=O) groups is 1. The van der Waals surface area contributed by atoms with Crippen LogP contribution in [0.4, 0.5) is 0 Å². The van der Waals surface area contributed by atoms with Crippen molar-refractivity contribution in [3.63, 3.8) is 0 Å². The fourth-order valence-corrected chi connectivity index (χ4v) is 3.00. The summed E-state index contributed by atoms with van der Waals surface area (Å²) in [5, 5.41) is -0.421. The van der Waals surface area contributed by atoms with E-state index in [0.717, 1.165) is 5.56 Å². The van der Waals surface area contributed by atoms with Gasteiger partial charge in [0.15, 0.2) is 0 Å². The highest BCUT2D eigenvalue weighted by molar-refractivity contribution is 7.89. The van der Waals surface area contributed by atoms with Crippen molar-refractivity contribution in [3.8, 4) is 0 Å². The molecule has 0 aromatic heterocycles. The standard InChI is InChI=1S/C13H18ClNO3S/c1-15(11-12-7-3-2-4-8-12)19(17,18)10-6-5-9-13(14)16/h2-4,7-8H,5-6,9-11H2,1H3. The molecule has 0 atom stereocenters. The predicted octanol–water partition coefficient (Wildman–Crippen LogP) is 2.38. The van der Waals surface area contributed by atoms with Crippen molar-refractivity contribution in [3.05, 3.63) is 35.9 Å². The highest BCUT2D eigenvalue weighted by atomic mass is 35.5. The van der Waals surface area contributed by atoms with E-state index in [1.165, 1.54) is 4.31 Å². The van der Waals surface area contributed by atoms with Gasteiger partial charge in [-0.15, -0.1) is 0 Å². The normalized spacial score (nSPS) is 11.7. The summed E-state index contributed by atoms with van der Waals surface area (Å²) in [5.41, 5.74) is 0.949. The monoisotopic (exact) mass is 303 g/mol. The molecule has 0 N–H and O–H groups in total. The van der Waals surface area contributed by atoms with Crippen molar-refractivity contribution < 1.29 is 13.2 Å². The van der Waals surface area contributed by atoms with Crippen LogP contribution in [0.3, 0.4) is 0 Å². The molecule has 0 aliphatic rings. The van der Waals surface area contributed by atoms with Crippen LogP contribution in [0.25, 0.3) is 0 Å². The molecule has 0 aliphatic heterocycles. The maximum atomic E-state index is 12.0. The molecule has 0 spiro atoms. The summed E-state index contributed by atoms with van der Waals surface area (Å²) in [6.07, 6.45) is 1.17. The van der Waals surface area contributed by atoms with E-state index in [0.29, 0.717) is 19.4 Å². The Morgan fingerprint density at radius 2 is 1.84 bits per heavy atom. The first-order valence-corrected chi connectivity index (χ1v) is 8.07. The predicted molar refractivity (Wildman–Crippen MR) is 76.4 cm³/mol. The Hall–Kier alpha value is -0.910. The van der Waals surface area contributed by atoms with Crippen LogP contribution in [0.15, 0.2) is 30.3 Å². The summed E-state index contributed by atoms with van der Waals surface area (Å²) in [7, 11) is -1.71. The maximum Gasteiger partial charge on any atom is 0.221 e. The second kappa shape index (κ2) is 7.62. The number of nitrogens with zero attached hydrogens (tertiary/aromatic N) is 1. The zero-order valence-corrected chi connectivity index (χ0v) is 12.5. The lowest BCUT2D eigenvalue weighted by atomic mass is 10.2. The number of hydrogen-bond donors (Lipinski definition) is 0. The quantitative estimate of drug-likeness (QED) is 0.547. The smallest absolute Gasteiger partial charge is 0.221 e. The van der Waals surface area contributed by atoms with Gasteiger partial charge < -0.3 is 0 Å². The van der Waals surface area contributed by atoms with Crippen molar-refractivity contribution in [2.45, 2.75) is 25.8 Å². The van der Waals surface area contributed by atoms with Gasteiger partial charge >= 0.3 is 0 Å². The third kappa shape index (κ3) is 6.18. The van der Waals surface area contributed by atoms with Gasteiger partial charge in [-0.1, -0.05) is 30.3 Å². The van der Waals surface area contributed by atoms with E-state index < -0.39 is 15.3 Å². The molecule has 6 heteroatoms. The summed E-state index contributed by atoms with van der Waals surface area (Å²) in [5.74, 6) is 0.0422. The third-order valence-electron chi connectivity index (χ3n) is 2.75. The van der Waals surface area contributed by atoms with Crippen LogP contribution in [-0.2, 0) is 21.4 Å². The Morgan fingerprint density at radius 3 is 2.42 bits per heavy atom. The molecule has 0 bridgehead atoms. The number of hydrogen-bond acceptors (Lipinski definition) is 3. The van der Waals surface area contributed by atoms with Crippen LogP contribution >= 0.6 is 11.6 Å². The molecule has 0 amide bonds. The van der Waals surface area contributed by atoms with Crippen molar-refractivity contribution in [2.75, 3.05) is 12.8 Å². The van der Waals surface area contributed by atoms with Gasteiger partial charge in [-0.05, 0) is 30.0 Å². The number of halogens is 1. The zero-order chi connectivity index (χ0) is 14.3. The van der Waals surface area contributed by atoms with Crippen LogP contribution < -0.4 is 0 Å². The third-order valence-corrected chi connectivity index (χ3v) is 4.82. The highest BCUT2D eigenvalue weighted by Gasteiger charge is 2.17. The van der Waals surface area contributed by atoms with Gasteiger partial charge in [-0.3, -0.25) is 4.79 Å². The van der Waals surface area contributed by atoms with Gasteiger partial charge in [0.2, 0.25) is 15.3 Å². The molecule has 0 aliphatic carbocycles. The Balaban J connectivity index is 2.45. The van der Waals surface area contributed by atoms with E-state index in [1.807, 2.05) is 30.3 Å². The minimum atomic E-state index is -3.28. The summed E-state index contributed by atoms with van der Waals surface area (Å²) >= 11 is 5.20. The lowest BCUT2D eigenvalue weighted by Crippen LogP contribution is -2.28. The molecule has 0 saturated heterocycles. The van der Waals surface area contributed by atoms with Crippen LogP contribution in [0.2, 0.25) is 0 Å². The molecular formula is C13H18ClNO3S. The zero-order valence-electron chi connectivity index (χ0n) is 10.9. The lowest BCUT2D eigenvalue weighted by molar-refractivity contribution is -0.111. The fourth-order valence-electron chi connectivity index (χ4n) is 1.64. The van der Waals surface area contributed by atoms with Gasteiger partial charge in [0.25, 0.3) is 0 Å².